The van der Waals surface area contributed by atoms with Crippen LogP contribution in [0.5, 0.6) is 28.7 Å². The molecule has 3 rings (SSSR count). The van der Waals surface area contributed by atoms with Gasteiger partial charge < -0.3 is 29.5 Å². The lowest BCUT2D eigenvalue weighted by Crippen LogP contribution is -1.99. The summed E-state index contributed by atoms with van der Waals surface area (Å²) in [5.41, 5.74) is 1.32. The number of methoxy groups -OCH3 is 3. The summed E-state index contributed by atoms with van der Waals surface area (Å²) in [6.07, 6.45) is 5.54. The highest BCUT2D eigenvalue weighted by molar-refractivity contribution is 6.06. The van der Waals surface area contributed by atoms with Gasteiger partial charge in [-0.1, -0.05) is 24.3 Å². The Bertz CT molecular complexity index is 1370. The summed E-state index contributed by atoms with van der Waals surface area (Å²) < 4.78 is 15.3. The molecule has 0 aliphatic carbocycles. The highest BCUT2D eigenvalue weighted by Crippen LogP contribution is 2.28. The topological polar surface area (TPSA) is 130 Å². The van der Waals surface area contributed by atoms with Crippen molar-refractivity contribution in [1.29, 1.82) is 0 Å². The average Bonchev–Trinajstić information content (AvgIpc) is 2.92. The maximum Gasteiger partial charge on any atom is 0.209 e. The van der Waals surface area contributed by atoms with Crippen LogP contribution >= 0.6 is 0 Å². The zero-order chi connectivity index (χ0) is 26.8. The molecule has 3 aromatic carbocycles. The normalized spacial score (nSPS) is 12.2. The molecular weight excluding hydrogens is 476 g/mol. The summed E-state index contributed by atoms with van der Waals surface area (Å²) in [5, 5.41) is 38.3. The highest BCUT2D eigenvalue weighted by Gasteiger charge is 2.12. The lowest BCUT2D eigenvalue weighted by atomic mass is 10.1. The Morgan fingerprint density at radius 2 is 1.30 bits per heavy atom. The van der Waals surface area contributed by atoms with Crippen LogP contribution in [-0.2, 0) is 4.79 Å². The third kappa shape index (κ3) is 7.22. The molecule has 0 amide bonds. The van der Waals surface area contributed by atoms with E-state index in [-0.39, 0.29) is 28.7 Å². The smallest absolute Gasteiger partial charge is 0.209 e. The van der Waals surface area contributed by atoms with Gasteiger partial charge in [-0.3, -0.25) is 4.79 Å². The molecule has 190 valence electrons. The van der Waals surface area contributed by atoms with Gasteiger partial charge in [0.15, 0.2) is 28.7 Å². The quantitative estimate of drug-likeness (QED) is 0.135. The van der Waals surface area contributed by atoms with Crippen molar-refractivity contribution < 1.29 is 34.3 Å². The number of carbonyl (C=O) groups excluding carboxylic acids is 1. The van der Waals surface area contributed by atoms with Crippen molar-refractivity contribution in [3.05, 3.63) is 95.4 Å². The number of azo groups is 1. The minimum atomic E-state index is -0.616. The fourth-order valence-corrected chi connectivity index (χ4v) is 3.08. The van der Waals surface area contributed by atoms with Crippen LogP contribution in [0.2, 0.25) is 0 Å². The number of rotatable bonds is 10. The van der Waals surface area contributed by atoms with E-state index in [0.29, 0.717) is 22.6 Å². The van der Waals surface area contributed by atoms with Crippen LogP contribution in [0.15, 0.2) is 94.5 Å². The van der Waals surface area contributed by atoms with E-state index >= 15 is 0 Å². The van der Waals surface area contributed by atoms with Crippen molar-refractivity contribution in [3.8, 4) is 28.7 Å². The number of nitrogens with zero attached hydrogens (tertiary/aromatic N) is 2. The number of aliphatic hydroxyl groups excluding tert-OH is 1. The van der Waals surface area contributed by atoms with Crippen molar-refractivity contribution >= 4 is 23.6 Å². The Labute approximate surface area is 213 Å². The number of carbonyl (C=O) groups is 1. The van der Waals surface area contributed by atoms with Crippen molar-refractivity contribution in [2.75, 3.05) is 21.3 Å². The lowest BCUT2D eigenvalue weighted by molar-refractivity contribution is -0.111. The van der Waals surface area contributed by atoms with Gasteiger partial charge in [0.25, 0.3) is 0 Å². The standard InChI is InChI=1S/C28H26N2O7/c1-35-21-10-8-20(9-11-21)29-30-28(24(33)14-6-18-4-12-22(31)26(16-18)36-2)25(34)15-7-19-5-13-23(32)27(17-19)37-3/h4-17,31-33H,1-3H3/b14-6+,15-7+,28-24?,30-29?. The van der Waals surface area contributed by atoms with Gasteiger partial charge in [-0.2, -0.15) is 5.11 Å². The van der Waals surface area contributed by atoms with Gasteiger partial charge in [-0.25, -0.2) is 0 Å². The third-order valence-electron chi connectivity index (χ3n) is 5.08. The summed E-state index contributed by atoms with van der Waals surface area (Å²) >= 11 is 0. The number of phenols is 2. The van der Waals surface area contributed by atoms with Crippen molar-refractivity contribution in [1.82, 2.24) is 0 Å². The van der Waals surface area contributed by atoms with Crippen LogP contribution in [0.25, 0.3) is 12.2 Å². The Morgan fingerprint density at radius 3 is 1.81 bits per heavy atom. The molecule has 3 aromatic rings. The third-order valence-corrected chi connectivity index (χ3v) is 5.08. The number of benzene rings is 3. The van der Waals surface area contributed by atoms with Crippen LogP contribution < -0.4 is 14.2 Å². The van der Waals surface area contributed by atoms with E-state index in [4.69, 9.17) is 14.2 Å². The van der Waals surface area contributed by atoms with Gasteiger partial charge in [-0.05, 0) is 71.8 Å². The predicted molar refractivity (Wildman–Crippen MR) is 140 cm³/mol. The van der Waals surface area contributed by atoms with Crippen LogP contribution in [0.3, 0.4) is 0 Å². The molecule has 0 saturated carbocycles. The molecule has 37 heavy (non-hydrogen) atoms. The fraction of sp³-hybridized carbons (Fsp3) is 0.107. The first-order chi connectivity index (χ1) is 17.8. The van der Waals surface area contributed by atoms with Crippen LogP contribution in [0.4, 0.5) is 5.69 Å². The number of ketones is 1. The summed E-state index contributed by atoms with van der Waals surface area (Å²) in [7, 11) is 4.38. The second kappa shape index (κ2) is 12.6. The Hall–Kier alpha value is -5.05. The molecule has 0 unspecified atom stereocenters. The fourth-order valence-electron chi connectivity index (χ4n) is 3.08. The number of allylic oxidation sites excluding steroid dienone is 2. The van der Waals surface area contributed by atoms with Crippen LogP contribution in [0, 0.1) is 0 Å². The average molecular weight is 503 g/mol. The first-order valence-corrected chi connectivity index (χ1v) is 11.0. The van der Waals surface area contributed by atoms with E-state index < -0.39 is 11.5 Å². The molecule has 0 atom stereocenters. The van der Waals surface area contributed by atoms with Crippen molar-refractivity contribution in [3.63, 3.8) is 0 Å². The molecule has 0 bridgehead atoms. The Morgan fingerprint density at radius 1 is 0.757 bits per heavy atom. The van der Waals surface area contributed by atoms with E-state index in [0.717, 1.165) is 0 Å². The van der Waals surface area contributed by atoms with E-state index in [9.17, 15) is 20.1 Å². The van der Waals surface area contributed by atoms with E-state index in [2.05, 4.69) is 10.2 Å². The number of hydrogen-bond acceptors (Lipinski definition) is 9. The monoisotopic (exact) mass is 502 g/mol. The number of ether oxygens (including phenoxy) is 3. The minimum Gasteiger partial charge on any atom is -0.505 e. The van der Waals surface area contributed by atoms with Gasteiger partial charge in [-0.15, -0.1) is 5.11 Å². The highest BCUT2D eigenvalue weighted by atomic mass is 16.5. The molecule has 0 heterocycles. The van der Waals surface area contributed by atoms with Gasteiger partial charge in [0, 0.05) is 0 Å². The van der Waals surface area contributed by atoms with Crippen molar-refractivity contribution in [2.45, 2.75) is 0 Å². The molecule has 0 spiro atoms. The second-order valence-corrected chi connectivity index (χ2v) is 7.53. The second-order valence-electron chi connectivity index (χ2n) is 7.53. The van der Waals surface area contributed by atoms with Gasteiger partial charge in [0.05, 0.1) is 27.0 Å². The SMILES string of the molecule is COc1ccc(N=NC(C(=O)/C=C/c2ccc(O)c(OC)c2)=C(O)/C=C/c2ccc(O)c(OC)c2)cc1. The van der Waals surface area contributed by atoms with E-state index in [1.165, 1.54) is 50.7 Å². The molecule has 0 aliphatic heterocycles. The molecule has 0 radical (unpaired) electrons. The number of hydrogen-bond donors (Lipinski definition) is 3. The van der Waals surface area contributed by atoms with Gasteiger partial charge in [0.1, 0.15) is 11.5 Å². The summed E-state index contributed by atoms with van der Waals surface area (Å²) in [4.78, 5) is 13.0. The van der Waals surface area contributed by atoms with Crippen LogP contribution in [-0.4, -0.2) is 42.4 Å². The summed E-state index contributed by atoms with van der Waals surface area (Å²) in [5.74, 6) is 0.0336. The van der Waals surface area contributed by atoms with E-state index in [1.54, 1.807) is 55.6 Å². The van der Waals surface area contributed by atoms with E-state index in [1.807, 2.05) is 0 Å². The maximum absolute atomic E-state index is 13.0. The summed E-state index contributed by atoms with van der Waals surface area (Å²) in [6.45, 7) is 0. The first kappa shape index (κ1) is 26.6. The molecule has 9 nitrogen and oxygen atoms in total. The first-order valence-electron chi connectivity index (χ1n) is 11.0. The number of aromatic hydroxyl groups is 2. The van der Waals surface area contributed by atoms with Gasteiger partial charge >= 0.3 is 0 Å². The number of phenolic OH excluding ortho intramolecular Hbond substituents is 2. The Balaban J connectivity index is 1.94. The van der Waals surface area contributed by atoms with Gasteiger partial charge in [0.2, 0.25) is 5.78 Å². The molecule has 0 fully saturated rings. The van der Waals surface area contributed by atoms with Crippen molar-refractivity contribution in [2.24, 2.45) is 10.2 Å². The minimum absolute atomic E-state index is 0.0282. The molecular formula is C28H26N2O7. The predicted octanol–water partition coefficient (Wildman–Crippen LogP) is 5.97. The maximum atomic E-state index is 13.0. The zero-order valence-electron chi connectivity index (χ0n) is 20.5. The molecule has 0 saturated heterocycles. The lowest BCUT2D eigenvalue weighted by Gasteiger charge is -2.04. The molecule has 0 aromatic heterocycles. The molecule has 3 N–H and O–H groups in total. The number of aliphatic hydroxyl groups is 1. The zero-order valence-corrected chi connectivity index (χ0v) is 20.5. The Kier molecular flexibility index (Phi) is 9.04. The largest absolute Gasteiger partial charge is 0.505 e. The van der Waals surface area contributed by atoms with Crippen LogP contribution in [0.1, 0.15) is 11.1 Å². The molecule has 9 heteroatoms. The summed E-state index contributed by atoms with van der Waals surface area (Å²) in [6, 6.07) is 15.9. The molecule has 0 aliphatic rings.